The van der Waals surface area contributed by atoms with E-state index in [1.54, 1.807) is 24.3 Å². The van der Waals surface area contributed by atoms with Crippen LogP contribution >= 0.6 is 11.6 Å². The van der Waals surface area contributed by atoms with Crippen molar-refractivity contribution >= 4 is 23.7 Å². The lowest BCUT2D eigenvalue weighted by molar-refractivity contribution is -0.148. The van der Waals surface area contributed by atoms with Crippen molar-refractivity contribution < 1.29 is 24.5 Å². The van der Waals surface area contributed by atoms with Gasteiger partial charge in [-0.2, -0.15) is 0 Å². The van der Waals surface area contributed by atoms with E-state index in [0.29, 0.717) is 10.6 Å². The molecule has 3 N–H and O–H groups in total. The van der Waals surface area contributed by atoms with Gasteiger partial charge >= 0.3 is 12.1 Å². The number of alkyl carbamates (subject to hydrolysis) is 1. The van der Waals surface area contributed by atoms with Gasteiger partial charge in [0.25, 0.3) is 0 Å². The molecule has 0 saturated heterocycles. The number of nitrogens with one attached hydrogen (secondary N) is 1. The number of carbonyl (C=O) groups excluding carboxylic acids is 1. The van der Waals surface area contributed by atoms with Gasteiger partial charge in [0.1, 0.15) is 6.61 Å². The highest BCUT2D eigenvalue weighted by molar-refractivity contribution is 6.30. The van der Waals surface area contributed by atoms with Crippen molar-refractivity contribution in [2.45, 2.75) is 18.1 Å². The first-order valence-corrected chi connectivity index (χ1v) is 10.1. The van der Waals surface area contributed by atoms with Crippen molar-refractivity contribution in [2.75, 3.05) is 6.61 Å². The van der Waals surface area contributed by atoms with E-state index >= 15 is 0 Å². The van der Waals surface area contributed by atoms with E-state index in [-0.39, 0.29) is 12.5 Å². The van der Waals surface area contributed by atoms with Crippen LogP contribution in [0.25, 0.3) is 11.1 Å². The topological polar surface area (TPSA) is 95.9 Å². The van der Waals surface area contributed by atoms with Crippen LogP contribution in [0.1, 0.15) is 28.7 Å². The molecule has 158 valence electrons. The quantitative estimate of drug-likeness (QED) is 0.532. The SMILES string of the molecule is O=C(N[C@@H](c1ccc(Cl)cc1)[C@H](O)C(=O)O)OCC1c2ccccc2-c2ccccc21. The number of carboxylic acid groups (broad SMARTS) is 1. The standard InChI is InChI=1S/C24H20ClNO5/c25-15-11-9-14(10-12-15)21(22(27)23(28)29)26-24(30)31-13-20-18-7-3-1-5-16(18)17-6-2-4-8-19(17)20/h1-12,20-22,27H,13H2,(H,26,30)(H,28,29)/t21-,22-/m0/s1. The van der Waals surface area contributed by atoms with Gasteiger partial charge in [0.05, 0.1) is 6.04 Å². The molecule has 3 aromatic rings. The zero-order valence-electron chi connectivity index (χ0n) is 16.4. The van der Waals surface area contributed by atoms with Crippen LogP contribution in [0.4, 0.5) is 4.79 Å². The number of benzene rings is 3. The maximum Gasteiger partial charge on any atom is 0.407 e. The second-order valence-corrected chi connectivity index (χ2v) is 7.72. The van der Waals surface area contributed by atoms with Crippen molar-refractivity contribution in [3.05, 3.63) is 94.5 Å². The number of aliphatic hydroxyl groups is 1. The molecule has 1 amide bonds. The fourth-order valence-corrected chi connectivity index (χ4v) is 4.05. The lowest BCUT2D eigenvalue weighted by Gasteiger charge is -2.22. The number of fused-ring (bicyclic) bond motifs is 3. The Balaban J connectivity index is 1.50. The van der Waals surface area contributed by atoms with Gasteiger partial charge in [0.15, 0.2) is 6.10 Å². The summed E-state index contributed by atoms with van der Waals surface area (Å²) in [4.78, 5) is 23.9. The largest absolute Gasteiger partial charge is 0.479 e. The summed E-state index contributed by atoms with van der Waals surface area (Å²) in [6.07, 6.45) is -2.66. The van der Waals surface area contributed by atoms with E-state index in [2.05, 4.69) is 5.32 Å². The van der Waals surface area contributed by atoms with E-state index in [9.17, 15) is 19.8 Å². The van der Waals surface area contributed by atoms with Crippen LogP contribution in [0.5, 0.6) is 0 Å². The molecule has 3 aromatic carbocycles. The normalized spacial score (nSPS) is 14.3. The van der Waals surface area contributed by atoms with Crippen LogP contribution < -0.4 is 5.32 Å². The highest BCUT2D eigenvalue weighted by atomic mass is 35.5. The molecule has 6 nitrogen and oxygen atoms in total. The number of carboxylic acids is 1. The Morgan fingerprint density at radius 2 is 1.48 bits per heavy atom. The Bertz CT molecular complexity index is 1070. The molecule has 0 aliphatic heterocycles. The molecule has 4 rings (SSSR count). The third kappa shape index (κ3) is 4.26. The Morgan fingerprint density at radius 1 is 0.935 bits per heavy atom. The summed E-state index contributed by atoms with van der Waals surface area (Å²) < 4.78 is 5.47. The van der Waals surface area contributed by atoms with Gasteiger partial charge in [-0.05, 0) is 39.9 Å². The molecule has 1 aliphatic carbocycles. The van der Waals surface area contributed by atoms with Gasteiger partial charge in [-0.15, -0.1) is 0 Å². The van der Waals surface area contributed by atoms with Crippen LogP contribution in [-0.4, -0.2) is 35.0 Å². The van der Waals surface area contributed by atoms with Gasteiger partial charge in [0.2, 0.25) is 0 Å². The smallest absolute Gasteiger partial charge is 0.407 e. The highest BCUT2D eigenvalue weighted by Gasteiger charge is 2.32. The van der Waals surface area contributed by atoms with Crippen molar-refractivity contribution in [1.82, 2.24) is 5.32 Å². The number of rotatable bonds is 6. The second kappa shape index (κ2) is 8.79. The molecule has 31 heavy (non-hydrogen) atoms. The molecule has 1 aliphatic rings. The summed E-state index contributed by atoms with van der Waals surface area (Å²) in [6.45, 7) is 0.0797. The first kappa shape index (κ1) is 20.9. The van der Waals surface area contributed by atoms with Gasteiger partial charge < -0.3 is 20.3 Å². The predicted octanol–water partition coefficient (Wildman–Crippen LogP) is 4.37. The van der Waals surface area contributed by atoms with Crippen molar-refractivity contribution in [3.63, 3.8) is 0 Å². The summed E-state index contributed by atoms with van der Waals surface area (Å²) in [7, 11) is 0. The van der Waals surface area contributed by atoms with Crippen LogP contribution in [0.3, 0.4) is 0 Å². The minimum absolute atomic E-state index is 0.0797. The molecule has 0 fully saturated rings. The average molecular weight is 438 g/mol. The predicted molar refractivity (Wildman–Crippen MR) is 116 cm³/mol. The molecular weight excluding hydrogens is 418 g/mol. The Morgan fingerprint density at radius 3 is 2.03 bits per heavy atom. The zero-order valence-corrected chi connectivity index (χ0v) is 17.1. The molecular formula is C24H20ClNO5. The first-order valence-electron chi connectivity index (χ1n) is 9.73. The third-order valence-corrected chi connectivity index (χ3v) is 5.67. The van der Waals surface area contributed by atoms with E-state index in [1.807, 2.05) is 48.5 Å². The van der Waals surface area contributed by atoms with E-state index in [0.717, 1.165) is 22.3 Å². The lowest BCUT2D eigenvalue weighted by atomic mass is 9.98. The van der Waals surface area contributed by atoms with Crippen molar-refractivity contribution in [2.24, 2.45) is 0 Å². The number of aliphatic carboxylic acids is 1. The van der Waals surface area contributed by atoms with Gasteiger partial charge in [-0.1, -0.05) is 72.3 Å². The lowest BCUT2D eigenvalue weighted by Crippen LogP contribution is -2.40. The van der Waals surface area contributed by atoms with E-state index in [4.69, 9.17) is 16.3 Å². The molecule has 0 unspecified atom stereocenters. The Labute approximate surface area is 184 Å². The average Bonchev–Trinajstić information content (AvgIpc) is 3.10. The second-order valence-electron chi connectivity index (χ2n) is 7.28. The molecule has 7 heteroatoms. The van der Waals surface area contributed by atoms with Crippen LogP contribution in [0.2, 0.25) is 5.02 Å². The third-order valence-electron chi connectivity index (χ3n) is 5.41. The van der Waals surface area contributed by atoms with Gasteiger partial charge in [0, 0.05) is 10.9 Å². The molecule has 2 atom stereocenters. The molecule has 0 bridgehead atoms. The summed E-state index contributed by atoms with van der Waals surface area (Å²) in [6, 6.07) is 20.9. The maximum atomic E-state index is 12.5. The van der Waals surface area contributed by atoms with Gasteiger partial charge in [-0.3, -0.25) is 0 Å². The number of aliphatic hydroxyl groups excluding tert-OH is 1. The fourth-order valence-electron chi connectivity index (χ4n) is 3.92. The number of halogens is 1. The first-order chi connectivity index (χ1) is 15.0. The van der Waals surface area contributed by atoms with Crippen LogP contribution in [0, 0.1) is 0 Å². The number of ether oxygens (including phenoxy) is 1. The fraction of sp³-hybridized carbons (Fsp3) is 0.167. The molecule has 0 saturated carbocycles. The number of hydrogen-bond donors (Lipinski definition) is 3. The Kier molecular flexibility index (Phi) is 5.93. The minimum atomic E-state index is -1.85. The highest BCUT2D eigenvalue weighted by Crippen LogP contribution is 2.44. The Hall–Kier alpha value is -3.35. The number of carbonyl (C=O) groups is 2. The zero-order chi connectivity index (χ0) is 22.0. The summed E-state index contributed by atoms with van der Waals surface area (Å²) in [5.74, 6) is -1.59. The molecule has 0 aromatic heterocycles. The summed E-state index contributed by atoms with van der Waals surface area (Å²) >= 11 is 5.88. The molecule has 0 radical (unpaired) electrons. The molecule has 0 heterocycles. The van der Waals surface area contributed by atoms with Crippen LogP contribution in [-0.2, 0) is 9.53 Å². The van der Waals surface area contributed by atoms with Crippen LogP contribution in [0.15, 0.2) is 72.8 Å². The number of hydrogen-bond acceptors (Lipinski definition) is 4. The number of amides is 1. The molecule has 0 spiro atoms. The summed E-state index contributed by atoms with van der Waals surface area (Å²) in [5, 5.41) is 22.3. The monoisotopic (exact) mass is 437 g/mol. The van der Waals surface area contributed by atoms with E-state index < -0.39 is 24.2 Å². The maximum absolute atomic E-state index is 12.5. The summed E-state index contributed by atoms with van der Waals surface area (Å²) in [5.41, 5.74) is 4.74. The van der Waals surface area contributed by atoms with Crippen molar-refractivity contribution in [1.29, 1.82) is 0 Å². The van der Waals surface area contributed by atoms with Crippen molar-refractivity contribution in [3.8, 4) is 11.1 Å². The van der Waals surface area contributed by atoms with E-state index in [1.165, 1.54) is 0 Å². The van der Waals surface area contributed by atoms with Gasteiger partial charge in [-0.25, -0.2) is 9.59 Å². The minimum Gasteiger partial charge on any atom is -0.479 e.